The van der Waals surface area contributed by atoms with Crippen LogP contribution in [-0.2, 0) is 20.9 Å². The summed E-state index contributed by atoms with van der Waals surface area (Å²) in [6.07, 6.45) is -0.306. The maximum Gasteiger partial charge on any atom is 0.333 e. The van der Waals surface area contributed by atoms with Gasteiger partial charge in [0.15, 0.2) is 6.29 Å². The normalized spacial score (nSPS) is 11.8. The summed E-state index contributed by atoms with van der Waals surface area (Å²) in [4.78, 5) is 11.4. The molecule has 0 aliphatic rings. The van der Waals surface area contributed by atoms with E-state index in [4.69, 9.17) is 14.2 Å². The molecule has 0 saturated heterocycles. The van der Waals surface area contributed by atoms with Gasteiger partial charge in [-0.2, -0.15) is 0 Å². The number of ether oxygens (including phenoxy) is 3. The molecule has 110 valence electrons. The molecule has 0 aliphatic carbocycles. The van der Waals surface area contributed by atoms with Gasteiger partial charge >= 0.3 is 5.97 Å². The van der Waals surface area contributed by atoms with Crippen LogP contribution in [0.2, 0.25) is 0 Å². The van der Waals surface area contributed by atoms with E-state index < -0.39 is 0 Å². The van der Waals surface area contributed by atoms with Crippen LogP contribution < -0.4 is 4.74 Å². The zero-order chi connectivity index (χ0) is 15.3. The Morgan fingerprint density at radius 3 is 2.30 bits per heavy atom. The van der Waals surface area contributed by atoms with Gasteiger partial charge in [-0.3, -0.25) is 0 Å². The maximum absolute atomic E-state index is 11.4. The second kappa shape index (κ2) is 7.10. The van der Waals surface area contributed by atoms with E-state index in [0.29, 0.717) is 5.57 Å². The summed E-state index contributed by atoms with van der Waals surface area (Å²) in [5.74, 6) is 0.419. The van der Waals surface area contributed by atoms with Gasteiger partial charge in [0.25, 0.3) is 0 Å². The largest absolute Gasteiger partial charge is 0.465 e. The van der Waals surface area contributed by atoms with E-state index in [1.54, 1.807) is 14.0 Å². The highest BCUT2D eigenvalue weighted by atomic mass is 16.7. The van der Waals surface area contributed by atoms with Gasteiger partial charge in [0.05, 0.1) is 0 Å². The topological polar surface area (TPSA) is 44.8 Å². The van der Waals surface area contributed by atoms with Crippen molar-refractivity contribution in [3.05, 3.63) is 41.0 Å². The van der Waals surface area contributed by atoms with E-state index in [9.17, 15) is 4.79 Å². The monoisotopic (exact) mass is 278 g/mol. The minimum absolute atomic E-state index is 0.230. The van der Waals surface area contributed by atoms with Crippen molar-refractivity contribution in [3.63, 3.8) is 0 Å². The molecule has 0 amide bonds. The SMILES string of the molecule is C=C(C)C(=O)OCc1cc(C)c(OC(C)OC)c(C)c1. The van der Waals surface area contributed by atoms with Crippen molar-refractivity contribution < 1.29 is 19.0 Å². The smallest absolute Gasteiger partial charge is 0.333 e. The zero-order valence-electron chi connectivity index (χ0n) is 12.8. The fourth-order valence-electron chi connectivity index (χ4n) is 1.80. The third-order valence-corrected chi connectivity index (χ3v) is 2.85. The standard InChI is InChI=1S/C16H22O4/c1-10(2)16(17)19-9-14-7-11(3)15(12(4)8-14)20-13(5)18-6/h7-8,13H,1,9H2,2-6H3. The van der Waals surface area contributed by atoms with Gasteiger partial charge in [-0.05, 0) is 56.5 Å². The third kappa shape index (κ3) is 4.38. The van der Waals surface area contributed by atoms with Gasteiger partial charge < -0.3 is 14.2 Å². The Morgan fingerprint density at radius 2 is 1.85 bits per heavy atom. The van der Waals surface area contributed by atoms with E-state index in [2.05, 4.69) is 6.58 Å². The van der Waals surface area contributed by atoms with Crippen molar-refractivity contribution in [1.82, 2.24) is 0 Å². The molecule has 1 rings (SSSR count). The fraction of sp³-hybridized carbons (Fsp3) is 0.438. The highest BCUT2D eigenvalue weighted by molar-refractivity contribution is 5.86. The van der Waals surface area contributed by atoms with Gasteiger partial charge in [-0.15, -0.1) is 0 Å². The molecule has 4 nitrogen and oxygen atoms in total. The number of benzene rings is 1. The molecule has 0 aromatic heterocycles. The number of carbonyl (C=O) groups is 1. The molecule has 0 saturated carbocycles. The summed E-state index contributed by atoms with van der Waals surface area (Å²) in [5.41, 5.74) is 3.28. The Labute approximate surface area is 120 Å². The minimum atomic E-state index is -0.381. The molecule has 0 aliphatic heterocycles. The average Bonchev–Trinajstić information content (AvgIpc) is 2.39. The molecule has 1 aromatic carbocycles. The number of hydrogen-bond acceptors (Lipinski definition) is 4. The van der Waals surface area contributed by atoms with Gasteiger partial charge in [-0.25, -0.2) is 4.79 Å². The van der Waals surface area contributed by atoms with Gasteiger partial charge in [-0.1, -0.05) is 6.58 Å². The number of rotatable bonds is 6. The number of esters is 1. The van der Waals surface area contributed by atoms with E-state index in [1.807, 2.05) is 32.9 Å². The first kappa shape index (κ1) is 16.2. The number of hydrogen-bond donors (Lipinski definition) is 0. The lowest BCUT2D eigenvalue weighted by Gasteiger charge is -2.18. The summed E-state index contributed by atoms with van der Waals surface area (Å²) < 4.78 is 15.9. The van der Waals surface area contributed by atoms with E-state index in [1.165, 1.54) is 0 Å². The molecule has 0 N–H and O–H groups in total. The predicted molar refractivity (Wildman–Crippen MR) is 77.6 cm³/mol. The molecule has 1 atom stereocenters. The maximum atomic E-state index is 11.4. The van der Waals surface area contributed by atoms with Crippen LogP contribution in [0.15, 0.2) is 24.3 Å². The van der Waals surface area contributed by atoms with Crippen LogP contribution in [0.4, 0.5) is 0 Å². The van der Waals surface area contributed by atoms with Crippen LogP contribution >= 0.6 is 0 Å². The lowest BCUT2D eigenvalue weighted by atomic mass is 10.1. The molecule has 0 heterocycles. The van der Waals surface area contributed by atoms with Crippen molar-refractivity contribution in [1.29, 1.82) is 0 Å². The molecule has 1 unspecified atom stereocenters. The van der Waals surface area contributed by atoms with Crippen LogP contribution in [0.25, 0.3) is 0 Å². The molecule has 0 radical (unpaired) electrons. The molecule has 1 aromatic rings. The minimum Gasteiger partial charge on any atom is -0.465 e. The average molecular weight is 278 g/mol. The van der Waals surface area contributed by atoms with Crippen molar-refractivity contribution in [2.75, 3.05) is 7.11 Å². The number of aryl methyl sites for hydroxylation is 2. The molecular weight excluding hydrogens is 256 g/mol. The van der Waals surface area contributed by atoms with Crippen molar-refractivity contribution in [3.8, 4) is 5.75 Å². The zero-order valence-corrected chi connectivity index (χ0v) is 12.8. The second-order valence-electron chi connectivity index (χ2n) is 4.84. The number of carbonyl (C=O) groups excluding carboxylic acids is 1. The molecular formula is C16H22O4. The predicted octanol–water partition coefficient (Wildman–Crippen LogP) is 3.29. The molecule has 0 spiro atoms. The third-order valence-electron chi connectivity index (χ3n) is 2.85. The molecule has 20 heavy (non-hydrogen) atoms. The van der Waals surface area contributed by atoms with Crippen molar-refractivity contribution in [2.45, 2.75) is 40.6 Å². The fourth-order valence-corrected chi connectivity index (χ4v) is 1.80. The lowest BCUT2D eigenvalue weighted by Crippen LogP contribution is -2.15. The summed E-state index contributed by atoms with van der Waals surface area (Å²) >= 11 is 0. The first-order valence-corrected chi connectivity index (χ1v) is 6.47. The quantitative estimate of drug-likeness (QED) is 0.455. The Bertz CT molecular complexity index is 482. The van der Waals surface area contributed by atoms with Crippen LogP contribution in [-0.4, -0.2) is 19.4 Å². The van der Waals surface area contributed by atoms with Crippen LogP contribution in [0, 0.1) is 13.8 Å². The highest BCUT2D eigenvalue weighted by Gasteiger charge is 2.11. The van der Waals surface area contributed by atoms with Gasteiger partial charge in [0.2, 0.25) is 0 Å². The molecule has 0 fully saturated rings. The molecule has 0 bridgehead atoms. The second-order valence-corrected chi connectivity index (χ2v) is 4.84. The lowest BCUT2D eigenvalue weighted by molar-refractivity contribution is -0.140. The summed E-state index contributed by atoms with van der Waals surface area (Å²) in [6, 6.07) is 3.88. The van der Waals surface area contributed by atoms with Crippen LogP contribution in [0.5, 0.6) is 5.75 Å². The molecule has 4 heteroatoms. The van der Waals surface area contributed by atoms with E-state index >= 15 is 0 Å². The summed E-state index contributed by atoms with van der Waals surface area (Å²) in [6.45, 7) is 11.1. The first-order chi connectivity index (χ1) is 9.35. The van der Waals surface area contributed by atoms with E-state index in [0.717, 1.165) is 22.4 Å². The Kier molecular flexibility index (Phi) is 5.77. The Balaban J connectivity index is 2.82. The van der Waals surface area contributed by atoms with E-state index in [-0.39, 0.29) is 18.9 Å². The van der Waals surface area contributed by atoms with Gasteiger partial charge in [0.1, 0.15) is 12.4 Å². The van der Waals surface area contributed by atoms with Crippen molar-refractivity contribution >= 4 is 5.97 Å². The Hall–Kier alpha value is -1.81. The van der Waals surface area contributed by atoms with Crippen LogP contribution in [0.1, 0.15) is 30.5 Å². The first-order valence-electron chi connectivity index (χ1n) is 6.47. The van der Waals surface area contributed by atoms with Crippen LogP contribution in [0.3, 0.4) is 0 Å². The Morgan fingerprint density at radius 1 is 1.30 bits per heavy atom. The van der Waals surface area contributed by atoms with Crippen molar-refractivity contribution in [2.24, 2.45) is 0 Å². The highest BCUT2D eigenvalue weighted by Crippen LogP contribution is 2.26. The summed E-state index contributed by atoms with van der Waals surface area (Å²) in [5, 5.41) is 0. The summed E-state index contributed by atoms with van der Waals surface area (Å²) in [7, 11) is 1.60. The number of methoxy groups -OCH3 is 1. The van der Waals surface area contributed by atoms with Gasteiger partial charge in [0, 0.05) is 12.7 Å².